The quantitative estimate of drug-likeness (QED) is 0.831. The van der Waals surface area contributed by atoms with E-state index in [0.29, 0.717) is 5.92 Å². The molecule has 3 nitrogen and oxygen atoms in total. The summed E-state index contributed by atoms with van der Waals surface area (Å²) in [5.41, 5.74) is 1.04. The summed E-state index contributed by atoms with van der Waals surface area (Å²) in [4.78, 5) is 0. The van der Waals surface area contributed by atoms with Gasteiger partial charge in [0.25, 0.3) is 0 Å². The van der Waals surface area contributed by atoms with E-state index in [9.17, 15) is 13.2 Å². The van der Waals surface area contributed by atoms with Gasteiger partial charge in [-0.3, -0.25) is 4.68 Å². The van der Waals surface area contributed by atoms with E-state index in [4.69, 9.17) is 0 Å². The highest BCUT2D eigenvalue weighted by Gasteiger charge is 2.58. The topological polar surface area (TPSA) is 29.9 Å². The Bertz CT molecular complexity index is 412. The highest BCUT2D eigenvalue weighted by molar-refractivity contribution is 5.33. The third kappa shape index (κ3) is 1.52. The molecule has 0 spiro atoms. The fourth-order valence-corrected chi connectivity index (χ4v) is 2.68. The van der Waals surface area contributed by atoms with Crippen LogP contribution >= 0.6 is 0 Å². The van der Waals surface area contributed by atoms with Crippen LogP contribution in [-0.4, -0.2) is 29.0 Å². The number of nitrogens with zero attached hydrogens (tertiary/aromatic N) is 2. The van der Waals surface area contributed by atoms with Crippen molar-refractivity contribution in [3.63, 3.8) is 0 Å². The lowest BCUT2D eigenvalue weighted by Crippen LogP contribution is -2.19. The first-order chi connectivity index (χ1) is 7.50. The van der Waals surface area contributed by atoms with E-state index in [1.54, 1.807) is 12.4 Å². The van der Waals surface area contributed by atoms with Crippen molar-refractivity contribution in [2.75, 3.05) is 13.1 Å². The number of hydrogen-bond acceptors (Lipinski definition) is 2. The number of aromatic nitrogens is 2. The Balaban J connectivity index is 1.79. The zero-order valence-corrected chi connectivity index (χ0v) is 8.59. The summed E-state index contributed by atoms with van der Waals surface area (Å²) in [6, 6.07) is 0. The van der Waals surface area contributed by atoms with Crippen LogP contribution in [0.5, 0.6) is 0 Å². The number of nitrogens with one attached hydrogen (secondary N) is 1. The summed E-state index contributed by atoms with van der Waals surface area (Å²) in [7, 11) is 0. The fraction of sp³-hybridized carbons (Fsp3) is 0.700. The van der Waals surface area contributed by atoms with Gasteiger partial charge in [0.15, 0.2) is 0 Å². The first-order valence-electron chi connectivity index (χ1n) is 5.30. The molecule has 2 unspecified atom stereocenters. The van der Waals surface area contributed by atoms with Crippen molar-refractivity contribution in [3.05, 3.63) is 18.0 Å². The van der Waals surface area contributed by atoms with E-state index in [1.165, 1.54) is 0 Å². The molecule has 1 aromatic heterocycles. The van der Waals surface area contributed by atoms with Gasteiger partial charge in [0.05, 0.1) is 6.20 Å². The molecule has 0 amide bonds. The van der Waals surface area contributed by atoms with Gasteiger partial charge in [0, 0.05) is 18.2 Å². The SMILES string of the molecule is FC(F)(F)Cn1cc(C23CNCC2C3)cn1. The second-order valence-electron chi connectivity index (χ2n) is 4.73. The maximum atomic E-state index is 12.2. The molecule has 0 bridgehead atoms. The van der Waals surface area contributed by atoms with Crippen LogP contribution in [0.1, 0.15) is 12.0 Å². The van der Waals surface area contributed by atoms with Crippen LogP contribution in [0.15, 0.2) is 12.4 Å². The average molecular weight is 231 g/mol. The average Bonchev–Trinajstić information content (AvgIpc) is 2.61. The van der Waals surface area contributed by atoms with Crippen molar-refractivity contribution in [2.24, 2.45) is 5.92 Å². The zero-order valence-electron chi connectivity index (χ0n) is 8.59. The molecule has 2 aliphatic rings. The van der Waals surface area contributed by atoms with E-state index in [-0.39, 0.29) is 5.41 Å². The van der Waals surface area contributed by atoms with Crippen LogP contribution in [-0.2, 0) is 12.0 Å². The van der Waals surface area contributed by atoms with Crippen molar-refractivity contribution in [1.29, 1.82) is 0 Å². The Morgan fingerprint density at radius 2 is 2.38 bits per heavy atom. The summed E-state index contributed by atoms with van der Waals surface area (Å²) in [5.74, 6) is 0.594. The van der Waals surface area contributed by atoms with Gasteiger partial charge in [-0.1, -0.05) is 0 Å². The van der Waals surface area contributed by atoms with E-state index >= 15 is 0 Å². The van der Waals surface area contributed by atoms with Crippen molar-refractivity contribution in [2.45, 2.75) is 24.6 Å². The van der Waals surface area contributed by atoms with Crippen LogP contribution in [0.25, 0.3) is 0 Å². The lowest BCUT2D eigenvalue weighted by atomic mass is 9.99. The first kappa shape index (κ1) is 10.1. The molecule has 1 saturated heterocycles. The minimum atomic E-state index is -4.20. The van der Waals surface area contributed by atoms with Crippen molar-refractivity contribution >= 4 is 0 Å². The summed E-state index contributed by atoms with van der Waals surface area (Å²) < 4.78 is 37.5. The van der Waals surface area contributed by atoms with E-state index in [2.05, 4.69) is 10.4 Å². The Morgan fingerprint density at radius 3 is 2.94 bits per heavy atom. The smallest absolute Gasteiger partial charge is 0.316 e. The molecule has 0 radical (unpaired) electrons. The Labute approximate surface area is 90.6 Å². The van der Waals surface area contributed by atoms with Crippen molar-refractivity contribution in [3.8, 4) is 0 Å². The summed E-state index contributed by atoms with van der Waals surface area (Å²) in [6.45, 7) is 0.848. The predicted octanol–water partition coefficient (Wildman–Crippen LogP) is 1.31. The Hall–Kier alpha value is -1.04. The van der Waals surface area contributed by atoms with E-state index in [0.717, 1.165) is 29.8 Å². The monoisotopic (exact) mass is 231 g/mol. The maximum Gasteiger partial charge on any atom is 0.408 e. The molecule has 2 atom stereocenters. The van der Waals surface area contributed by atoms with Gasteiger partial charge in [-0.05, 0) is 24.4 Å². The molecule has 1 saturated carbocycles. The van der Waals surface area contributed by atoms with Crippen molar-refractivity contribution in [1.82, 2.24) is 15.1 Å². The minimum absolute atomic E-state index is 0.0872. The molecule has 6 heteroatoms. The molecule has 16 heavy (non-hydrogen) atoms. The van der Waals surface area contributed by atoms with Gasteiger partial charge < -0.3 is 5.32 Å². The molecule has 1 N–H and O–H groups in total. The van der Waals surface area contributed by atoms with Crippen LogP contribution in [0.4, 0.5) is 13.2 Å². The largest absolute Gasteiger partial charge is 0.408 e. The first-order valence-corrected chi connectivity index (χ1v) is 5.30. The zero-order chi connectivity index (χ0) is 11.4. The third-order valence-electron chi connectivity index (χ3n) is 3.61. The van der Waals surface area contributed by atoms with Gasteiger partial charge in [0.1, 0.15) is 6.54 Å². The molecule has 1 aromatic rings. The summed E-state index contributed by atoms with van der Waals surface area (Å²) in [5, 5.41) is 7.05. The van der Waals surface area contributed by atoms with Gasteiger partial charge in [-0.2, -0.15) is 18.3 Å². The molecular formula is C10H12F3N3. The normalized spacial score (nSPS) is 32.8. The summed E-state index contributed by atoms with van der Waals surface area (Å²) in [6.07, 6.45) is 0.00871. The fourth-order valence-electron chi connectivity index (χ4n) is 2.68. The van der Waals surface area contributed by atoms with Gasteiger partial charge in [0.2, 0.25) is 0 Å². The Morgan fingerprint density at radius 1 is 1.56 bits per heavy atom. The van der Waals surface area contributed by atoms with Crippen LogP contribution in [0, 0.1) is 5.92 Å². The molecular weight excluding hydrogens is 219 g/mol. The summed E-state index contributed by atoms with van der Waals surface area (Å²) >= 11 is 0. The number of alkyl halides is 3. The molecule has 0 aromatic carbocycles. The second-order valence-corrected chi connectivity index (χ2v) is 4.73. The molecule has 2 heterocycles. The lowest BCUT2D eigenvalue weighted by molar-refractivity contribution is -0.142. The lowest BCUT2D eigenvalue weighted by Gasteiger charge is -2.08. The highest BCUT2D eigenvalue weighted by atomic mass is 19.4. The predicted molar refractivity (Wildman–Crippen MR) is 50.9 cm³/mol. The molecule has 3 rings (SSSR count). The van der Waals surface area contributed by atoms with Crippen molar-refractivity contribution < 1.29 is 13.2 Å². The number of piperidine rings is 1. The number of fused-ring (bicyclic) bond motifs is 1. The second kappa shape index (κ2) is 3.00. The molecule has 1 aliphatic heterocycles. The van der Waals surface area contributed by atoms with Crippen LogP contribution < -0.4 is 5.32 Å². The van der Waals surface area contributed by atoms with Crippen LogP contribution in [0.2, 0.25) is 0 Å². The highest BCUT2D eigenvalue weighted by Crippen LogP contribution is 2.56. The van der Waals surface area contributed by atoms with Crippen LogP contribution in [0.3, 0.4) is 0 Å². The Kier molecular flexibility index (Phi) is 1.90. The standard InChI is InChI=1S/C10H12F3N3/c11-10(12,13)6-16-4-8(3-15-16)9-1-7(9)2-14-5-9/h3-4,7,14H,1-2,5-6H2. The number of hydrogen-bond donors (Lipinski definition) is 1. The number of halogens is 3. The van der Waals surface area contributed by atoms with Gasteiger partial charge >= 0.3 is 6.18 Å². The number of rotatable bonds is 2. The minimum Gasteiger partial charge on any atom is -0.316 e. The molecule has 1 aliphatic carbocycles. The van der Waals surface area contributed by atoms with E-state index in [1.807, 2.05) is 0 Å². The molecule has 88 valence electrons. The third-order valence-corrected chi connectivity index (χ3v) is 3.61. The van der Waals surface area contributed by atoms with E-state index < -0.39 is 12.7 Å². The van der Waals surface area contributed by atoms with Gasteiger partial charge in [-0.15, -0.1) is 0 Å². The molecule has 2 fully saturated rings. The van der Waals surface area contributed by atoms with Gasteiger partial charge in [-0.25, -0.2) is 0 Å². The maximum absolute atomic E-state index is 12.2.